The molecular weight excluding hydrogens is 491 g/mol. The molecule has 0 aliphatic heterocycles. The molecule has 2 aromatic heterocycles. The lowest BCUT2D eigenvalue weighted by Crippen LogP contribution is -2.20. The molecule has 0 saturated heterocycles. The summed E-state index contributed by atoms with van der Waals surface area (Å²) in [6, 6.07) is 11.5. The van der Waals surface area contributed by atoms with Gasteiger partial charge in [-0.2, -0.15) is 0 Å². The van der Waals surface area contributed by atoms with Crippen molar-refractivity contribution in [2.75, 3.05) is 11.1 Å². The molecule has 2 aromatic carbocycles. The first-order valence-electron chi connectivity index (χ1n) is 12.0. The maximum Gasteiger partial charge on any atom is 0.141 e. The Balaban J connectivity index is 1.29. The summed E-state index contributed by atoms with van der Waals surface area (Å²) in [5.74, 6) is 1.52. The minimum atomic E-state index is -0.465. The topological polar surface area (TPSA) is 119 Å². The summed E-state index contributed by atoms with van der Waals surface area (Å²) in [5, 5.41) is 13.2. The monoisotopic (exact) mass is 518 g/mol. The first kappa shape index (κ1) is 24.6. The predicted octanol–water partition coefficient (Wildman–Crippen LogP) is 6.10. The third kappa shape index (κ3) is 6.03. The number of benzene rings is 2. The van der Waals surface area contributed by atoms with Gasteiger partial charge in [-0.3, -0.25) is 5.41 Å². The molecule has 1 fully saturated rings. The number of hydrogen-bond acceptors (Lipinski definition) is 9. The van der Waals surface area contributed by atoms with Gasteiger partial charge in [0.05, 0.1) is 21.2 Å². The van der Waals surface area contributed by atoms with Gasteiger partial charge in [-0.25, -0.2) is 19.3 Å². The molecule has 8 nitrogen and oxygen atoms in total. The summed E-state index contributed by atoms with van der Waals surface area (Å²) >= 11 is 1.53. The molecule has 5 rings (SSSR count). The van der Waals surface area contributed by atoms with E-state index >= 15 is 0 Å². The van der Waals surface area contributed by atoms with Gasteiger partial charge in [0.2, 0.25) is 0 Å². The second kappa shape index (κ2) is 10.9. The number of aromatic nitrogens is 3. The number of halogens is 1. The number of hydrogen-bond donors (Lipinski definition) is 3. The number of nitrogens with one attached hydrogen (secondary N) is 2. The molecule has 10 heteroatoms. The summed E-state index contributed by atoms with van der Waals surface area (Å²) in [4.78, 5) is 13.6. The van der Waals surface area contributed by atoms with Gasteiger partial charge in [-0.15, -0.1) is 11.3 Å². The van der Waals surface area contributed by atoms with Crippen molar-refractivity contribution in [3.05, 3.63) is 81.8 Å². The molecule has 2 heterocycles. The lowest BCUT2D eigenvalue weighted by Gasteiger charge is -2.17. The number of ether oxygens (including phenoxy) is 2. The van der Waals surface area contributed by atoms with E-state index in [0.717, 1.165) is 22.7 Å². The molecule has 0 unspecified atom stereocenters. The molecule has 0 radical (unpaired) electrons. The fraction of sp³-hybridized carbons (Fsp3) is 0.259. The normalized spacial score (nSPS) is 13.5. The second-order valence-corrected chi connectivity index (χ2v) is 10.2. The van der Waals surface area contributed by atoms with Crippen molar-refractivity contribution in [2.24, 2.45) is 0 Å². The molecule has 0 amide bonds. The highest BCUT2D eigenvalue weighted by Gasteiger charge is 2.21. The molecule has 37 heavy (non-hydrogen) atoms. The van der Waals surface area contributed by atoms with E-state index in [9.17, 15) is 4.39 Å². The van der Waals surface area contributed by atoms with Crippen LogP contribution in [0, 0.1) is 18.2 Å². The summed E-state index contributed by atoms with van der Waals surface area (Å²) in [7, 11) is 0. The largest absolute Gasteiger partial charge is 0.488 e. The molecule has 190 valence electrons. The standard InChI is InChI=1S/C27H27FN6O2S/c1-16-31-13-23(37-16)14-35-21-10-18(28)11-22(12-21)36-20-8-6-17(7-9-20)25(29)24-26(30)32-15-33-27(24)34-19-4-2-3-5-19/h6-13,15,19,29H,2-5,14H2,1H3,(H3,30,32,33,34). The molecular formula is C27H27FN6O2S. The smallest absolute Gasteiger partial charge is 0.141 e. The fourth-order valence-electron chi connectivity index (χ4n) is 4.29. The first-order valence-corrected chi connectivity index (χ1v) is 12.8. The molecule has 0 spiro atoms. The SMILES string of the molecule is Cc1ncc(COc2cc(F)cc(Oc3ccc(C(=N)c4c(N)ncnc4NC4CCCC4)cc3)c2)s1. The van der Waals surface area contributed by atoms with Crippen molar-refractivity contribution >= 4 is 28.7 Å². The zero-order chi connectivity index (χ0) is 25.8. The number of rotatable bonds is 9. The number of thiazole rings is 1. The minimum Gasteiger partial charge on any atom is -0.488 e. The van der Waals surface area contributed by atoms with Crippen molar-refractivity contribution in [2.45, 2.75) is 45.3 Å². The van der Waals surface area contributed by atoms with Crippen molar-refractivity contribution < 1.29 is 13.9 Å². The number of anilines is 2. The van der Waals surface area contributed by atoms with Crippen molar-refractivity contribution in [1.29, 1.82) is 5.41 Å². The van der Waals surface area contributed by atoms with Gasteiger partial charge in [0.15, 0.2) is 0 Å². The average molecular weight is 519 g/mol. The van der Waals surface area contributed by atoms with Gasteiger partial charge in [-0.05, 0) is 44.0 Å². The van der Waals surface area contributed by atoms with E-state index in [1.54, 1.807) is 36.5 Å². The van der Waals surface area contributed by atoms with Crippen molar-refractivity contribution in [1.82, 2.24) is 15.0 Å². The zero-order valence-electron chi connectivity index (χ0n) is 20.3. The van der Waals surface area contributed by atoms with Crippen LogP contribution in [0.2, 0.25) is 0 Å². The van der Waals surface area contributed by atoms with Crippen LogP contribution < -0.4 is 20.5 Å². The maximum absolute atomic E-state index is 14.2. The number of nitrogens with two attached hydrogens (primary N) is 1. The quantitative estimate of drug-likeness (QED) is 0.229. The Labute approximate surface area is 218 Å². The zero-order valence-corrected chi connectivity index (χ0v) is 21.1. The number of nitrogens with zero attached hydrogens (tertiary/aromatic N) is 3. The predicted molar refractivity (Wildman–Crippen MR) is 142 cm³/mol. The van der Waals surface area contributed by atoms with Crippen molar-refractivity contribution in [3.8, 4) is 17.2 Å². The van der Waals surface area contributed by atoms with Crippen LogP contribution in [0.3, 0.4) is 0 Å². The number of nitrogen functional groups attached to an aromatic ring is 1. The van der Waals surface area contributed by atoms with Gasteiger partial charge in [-0.1, -0.05) is 12.8 Å². The third-order valence-electron chi connectivity index (χ3n) is 6.10. The van der Waals surface area contributed by atoms with Crippen LogP contribution in [0.5, 0.6) is 17.2 Å². The van der Waals surface area contributed by atoms with Gasteiger partial charge < -0.3 is 20.5 Å². The van der Waals surface area contributed by atoms with Gasteiger partial charge in [0, 0.05) is 36.0 Å². The van der Waals surface area contributed by atoms with E-state index in [1.165, 1.54) is 42.6 Å². The van der Waals surface area contributed by atoms with Crippen LogP contribution in [0.25, 0.3) is 0 Å². The van der Waals surface area contributed by atoms with Crippen LogP contribution in [0.1, 0.15) is 46.7 Å². The lowest BCUT2D eigenvalue weighted by molar-refractivity contribution is 0.306. The van der Waals surface area contributed by atoms with Crippen LogP contribution in [0.4, 0.5) is 16.0 Å². The minimum absolute atomic E-state index is 0.213. The summed E-state index contributed by atoms with van der Waals surface area (Å²) in [6.45, 7) is 2.22. The highest BCUT2D eigenvalue weighted by atomic mass is 32.1. The molecule has 1 saturated carbocycles. The molecule has 0 atom stereocenters. The van der Waals surface area contributed by atoms with E-state index in [0.29, 0.717) is 46.8 Å². The van der Waals surface area contributed by atoms with Crippen molar-refractivity contribution in [3.63, 3.8) is 0 Å². The maximum atomic E-state index is 14.2. The molecule has 1 aliphatic carbocycles. The third-order valence-corrected chi connectivity index (χ3v) is 6.98. The Bertz CT molecular complexity index is 1400. The Morgan fingerprint density at radius 3 is 2.57 bits per heavy atom. The van der Waals surface area contributed by atoms with Crippen LogP contribution >= 0.6 is 11.3 Å². The number of aryl methyl sites for hydroxylation is 1. The van der Waals surface area contributed by atoms with Crippen LogP contribution in [-0.2, 0) is 6.61 Å². The van der Waals surface area contributed by atoms with E-state index in [-0.39, 0.29) is 11.5 Å². The summed E-state index contributed by atoms with van der Waals surface area (Å²) in [5.41, 5.74) is 7.47. The van der Waals surface area contributed by atoms with E-state index in [4.69, 9.17) is 20.6 Å². The molecule has 4 aromatic rings. The summed E-state index contributed by atoms with van der Waals surface area (Å²) in [6.07, 6.45) is 7.66. The van der Waals surface area contributed by atoms with Gasteiger partial charge in [0.1, 0.15) is 47.6 Å². The van der Waals surface area contributed by atoms with Crippen LogP contribution in [-0.4, -0.2) is 26.7 Å². The van der Waals surface area contributed by atoms with Gasteiger partial charge >= 0.3 is 0 Å². The Morgan fingerprint density at radius 2 is 1.84 bits per heavy atom. The highest BCUT2D eigenvalue weighted by Crippen LogP contribution is 2.30. The Hall–Kier alpha value is -4.05. The molecule has 0 bridgehead atoms. The Kier molecular flexibility index (Phi) is 7.27. The lowest BCUT2D eigenvalue weighted by atomic mass is 10.0. The highest BCUT2D eigenvalue weighted by molar-refractivity contribution is 7.11. The van der Waals surface area contributed by atoms with E-state index in [2.05, 4.69) is 20.3 Å². The average Bonchev–Trinajstić information content (AvgIpc) is 3.54. The van der Waals surface area contributed by atoms with E-state index < -0.39 is 5.82 Å². The Morgan fingerprint density at radius 1 is 1.08 bits per heavy atom. The molecule has 4 N–H and O–H groups in total. The van der Waals surface area contributed by atoms with Gasteiger partial charge in [0.25, 0.3) is 0 Å². The summed E-state index contributed by atoms with van der Waals surface area (Å²) < 4.78 is 25.8. The second-order valence-electron chi connectivity index (χ2n) is 8.87. The van der Waals surface area contributed by atoms with E-state index in [1.807, 2.05) is 6.92 Å². The first-order chi connectivity index (χ1) is 17.9. The van der Waals surface area contributed by atoms with Crippen LogP contribution in [0.15, 0.2) is 55.0 Å². The molecule has 1 aliphatic rings. The fourth-order valence-corrected chi connectivity index (χ4v) is 5.00.